The van der Waals surface area contributed by atoms with Crippen LogP contribution in [0.4, 0.5) is 6.01 Å². The van der Waals surface area contributed by atoms with Gasteiger partial charge in [0.1, 0.15) is 17.9 Å². The minimum atomic E-state index is -0.248. The second kappa shape index (κ2) is 7.87. The molecular weight excluding hydrogens is 402 g/mol. The fourth-order valence-electron chi connectivity index (χ4n) is 3.80. The zero-order chi connectivity index (χ0) is 20.5. The van der Waals surface area contributed by atoms with E-state index in [9.17, 15) is 9.90 Å². The molecule has 1 fully saturated rings. The highest BCUT2D eigenvalue weighted by Crippen LogP contribution is 2.29. The summed E-state index contributed by atoms with van der Waals surface area (Å²) >= 11 is 1.03. The Labute approximate surface area is 176 Å². The lowest BCUT2D eigenvalue weighted by Gasteiger charge is -2.22. The summed E-state index contributed by atoms with van der Waals surface area (Å²) in [7, 11) is 0. The molecule has 2 aromatic carbocycles. The number of nitrogens with one attached hydrogen (secondary N) is 1. The minimum absolute atomic E-state index is 0.0501. The Balaban J connectivity index is 1.23. The molecule has 1 aliphatic rings. The third-order valence-corrected chi connectivity index (χ3v) is 6.21. The van der Waals surface area contributed by atoms with E-state index >= 15 is 0 Å². The third-order valence-electron chi connectivity index (χ3n) is 5.34. The lowest BCUT2D eigenvalue weighted by Crippen LogP contribution is -2.34. The predicted molar refractivity (Wildman–Crippen MR) is 116 cm³/mol. The van der Waals surface area contributed by atoms with Gasteiger partial charge in [0.25, 0.3) is 6.01 Å². The van der Waals surface area contributed by atoms with Gasteiger partial charge in [-0.15, -0.1) is 0 Å². The number of benzene rings is 2. The van der Waals surface area contributed by atoms with Gasteiger partial charge >= 0.3 is 4.87 Å². The number of oxazole rings is 1. The Morgan fingerprint density at radius 3 is 2.83 bits per heavy atom. The van der Waals surface area contributed by atoms with Crippen molar-refractivity contribution in [2.45, 2.75) is 25.3 Å². The number of para-hydroxylation sites is 2. The molecule has 1 atom stereocenters. The number of ether oxygens (including phenoxy) is 1. The maximum absolute atomic E-state index is 11.3. The van der Waals surface area contributed by atoms with Crippen LogP contribution in [0.3, 0.4) is 0 Å². The van der Waals surface area contributed by atoms with Crippen LogP contribution in [0.5, 0.6) is 11.6 Å². The van der Waals surface area contributed by atoms with E-state index in [1.165, 1.54) is 0 Å². The Hall–Kier alpha value is -3.26. The predicted octanol–water partition coefficient (Wildman–Crippen LogP) is 3.92. The van der Waals surface area contributed by atoms with Gasteiger partial charge in [-0.25, -0.2) is 0 Å². The molecule has 0 spiro atoms. The molecule has 0 aliphatic carbocycles. The van der Waals surface area contributed by atoms with E-state index < -0.39 is 0 Å². The van der Waals surface area contributed by atoms with E-state index in [1.807, 2.05) is 48.5 Å². The number of anilines is 1. The second-order valence-corrected chi connectivity index (χ2v) is 8.44. The van der Waals surface area contributed by atoms with Crippen molar-refractivity contribution in [3.63, 3.8) is 0 Å². The summed E-state index contributed by atoms with van der Waals surface area (Å²) in [5.41, 5.74) is 2.67. The topological polar surface area (TPSA) is 91.6 Å². The summed E-state index contributed by atoms with van der Waals surface area (Å²) in [6, 6.07) is 16.4. The first-order valence-electron chi connectivity index (χ1n) is 9.90. The number of aromatic amines is 1. The number of nitrogens with zero attached hydrogens (tertiary/aromatic N) is 2. The Morgan fingerprint density at radius 2 is 2.07 bits per heavy atom. The van der Waals surface area contributed by atoms with Crippen LogP contribution >= 0.6 is 11.3 Å². The van der Waals surface area contributed by atoms with Crippen LogP contribution in [0.2, 0.25) is 0 Å². The lowest BCUT2D eigenvalue weighted by atomic mass is 10.1. The number of hydrogen-bond donors (Lipinski definition) is 2. The van der Waals surface area contributed by atoms with Gasteiger partial charge in [0.05, 0.1) is 10.9 Å². The molecule has 30 heavy (non-hydrogen) atoms. The van der Waals surface area contributed by atoms with Crippen molar-refractivity contribution in [2.75, 3.05) is 18.1 Å². The fraction of sp³-hybridized carbons (Fsp3) is 0.273. The van der Waals surface area contributed by atoms with Crippen molar-refractivity contribution < 1.29 is 14.3 Å². The van der Waals surface area contributed by atoms with Gasteiger partial charge in [-0.1, -0.05) is 35.6 Å². The monoisotopic (exact) mass is 423 g/mol. The summed E-state index contributed by atoms with van der Waals surface area (Å²) in [6.45, 7) is 1.46. The summed E-state index contributed by atoms with van der Waals surface area (Å²) in [4.78, 5) is 20.9. The van der Waals surface area contributed by atoms with Gasteiger partial charge in [0.2, 0.25) is 5.88 Å². The van der Waals surface area contributed by atoms with Crippen LogP contribution in [0, 0.1) is 0 Å². The molecule has 0 bridgehead atoms. The standard InChI is InChI=1S/C22H21N3O4S/c26-20-19(30-22(27)24-20)12-14-7-9-16(10-8-14)28-13-15-4-3-11-25(15)21-23-17-5-1-2-6-18(17)29-21/h1-2,5-10,15,26H,3-4,11-13H2,(H,24,27)/t15-/m0/s1. The molecule has 7 nitrogen and oxygen atoms in total. The maximum atomic E-state index is 11.3. The number of thiazole rings is 1. The van der Waals surface area contributed by atoms with Crippen LogP contribution in [0.25, 0.3) is 11.1 Å². The molecule has 0 radical (unpaired) electrons. The second-order valence-electron chi connectivity index (χ2n) is 7.37. The van der Waals surface area contributed by atoms with E-state index in [4.69, 9.17) is 9.15 Å². The SMILES string of the molecule is O=c1[nH]c(O)c(Cc2ccc(OC[C@@H]3CCCN3c3nc4ccccc4o3)cc2)s1. The number of fused-ring (bicyclic) bond motifs is 1. The Bertz CT molecular complexity index is 1180. The van der Waals surface area contributed by atoms with Crippen molar-refractivity contribution >= 4 is 28.5 Å². The van der Waals surface area contributed by atoms with Crippen LogP contribution in [0.1, 0.15) is 23.3 Å². The molecule has 154 valence electrons. The number of rotatable bonds is 6. The van der Waals surface area contributed by atoms with Crippen molar-refractivity contribution in [1.82, 2.24) is 9.97 Å². The molecule has 0 amide bonds. The maximum Gasteiger partial charge on any atom is 0.307 e. The van der Waals surface area contributed by atoms with Crippen LogP contribution in [-0.2, 0) is 6.42 Å². The van der Waals surface area contributed by atoms with Gasteiger partial charge in [-0.2, -0.15) is 4.98 Å². The van der Waals surface area contributed by atoms with Gasteiger partial charge in [0, 0.05) is 13.0 Å². The van der Waals surface area contributed by atoms with Crippen LogP contribution < -0.4 is 14.5 Å². The largest absolute Gasteiger partial charge is 0.494 e. The lowest BCUT2D eigenvalue weighted by molar-refractivity contribution is 0.285. The molecule has 5 rings (SSSR count). The third kappa shape index (κ3) is 3.78. The summed E-state index contributed by atoms with van der Waals surface area (Å²) in [5, 5.41) is 9.73. The molecule has 2 N–H and O–H groups in total. The molecule has 2 aromatic heterocycles. The summed E-state index contributed by atoms with van der Waals surface area (Å²) < 4.78 is 12.0. The van der Waals surface area contributed by atoms with Gasteiger partial charge in [-0.3, -0.25) is 9.78 Å². The van der Waals surface area contributed by atoms with Crippen LogP contribution in [0.15, 0.2) is 57.7 Å². The summed E-state index contributed by atoms with van der Waals surface area (Å²) in [6.07, 6.45) is 2.61. The van der Waals surface area contributed by atoms with E-state index in [0.717, 1.165) is 53.1 Å². The smallest absolute Gasteiger partial charge is 0.307 e. The van der Waals surface area contributed by atoms with Crippen LogP contribution in [-0.4, -0.2) is 34.3 Å². The van der Waals surface area contributed by atoms with E-state index in [0.29, 0.717) is 23.9 Å². The number of hydrogen-bond acceptors (Lipinski definition) is 7. The van der Waals surface area contributed by atoms with Gasteiger partial charge in [0.15, 0.2) is 5.58 Å². The highest BCUT2D eigenvalue weighted by molar-refractivity contribution is 7.09. The number of aromatic nitrogens is 2. The van der Waals surface area contributed by atoms with Gasteiger partial charge in [-0.05, 0) is 42.7 Å². The average Bonchev–Trinajstić information content (AvgIpc) is 3.45. The Morgan fingerprint density at radius 1 is 1.23 bits per heavy atom. The minimum Gasteiger partial charge on any atom is -0.494 e. The first kappa shape index (κ1) is 18.7. The highest BCUT2D eigenvalue weighted by atomic mass is 32.1. The molecule has 0 unspecified atom stereocenters. The van der Waals surface area contributed by atoms with Crippen molar-refractivity contribution in [2.24, 2.45) is 0 Å². The molecule has 1 saturated heterocycles. The normalized spacial score (nSPS) is 16.4. The molecule has 3 heterocycles. The molecular formula is C22H21N3O4S. The Kier molecular flexibility index (Phi) is 4.92. The average molecular weight is 423 g/mol. The number of aromatic hydroxyl groups is 1. The quantitative estimate of drug-likeness (QED) is 0.488. The van der Waals surface area contributed by atoms with Crippen molar-refractivity contribution in [3.05, 3.63) is 68.6 Å². The first-order chi connectivity index (χ1) is 14.7. The zero-order valence-corrected chi connectivity index (χ0v) is 17.0. The van der Waals surface area contributed by atoms with Gasteiger partial charge < -0.3 is 19.2 Å². The molecule has 1 aliphatic heterocycles. The van der Waals surface area contributed by atoms with Crippen molar-refractivity contribution in [1.29, 1.82) is 0 Å². The highest BCUT2D eigenvalue weighted by Gasteiger charge is 2.29. The van der Waals surface area contributed by atoms with E-state index in [-0.39, 0.29) is 16.8 Å². The number of H-pyrrole nitrogens is 1. The molecule has 4 aromatic rings. The molecule has 0 saturated carbocycles. The van der Waals surface area contributed by atoms with Crippen molar-refractivity contribution in [3.8, 4) is 11.6 Å². The van der Waals surface area contributed by atoms with E-state index in [1.54, 1.807) is 0 Å². The first-order valence-corrected chi connectivity index (χ1v) is 10.7. The molecule has 8 heteroatoms. The zero-order valence-electron chi connectivity index (χ0n) is 16.2. The van der Waals surface area contributed by atoms with E-state index in [2.05, 4.69) is 14.9 Å². The fourth-order valence-corrected chi connectivity index (χ4v) is 4.56. The summed E-state index contributed by atoms with van der Waals surface area (Å²) in [5.74, 6) is 0.737.